The SMILES string of the molecule is c1ccc(COCC2CC(OCc3ccccc3)CCCN2CC2CCCCO2)cc1. The summed E-state index contributed by atoms with van der Waals surface area (Å²) in [6.07, 6.45) is 7.63. The number of hydrogen-bond donors (Lipinski definition) is 0. The van der Waals surface area contributed by atoms with E-state index in [1.807, 2.05) is 0 Å². The summed E-state index contributed by atoms with van der Waals surface area (Å²) >= 11 is 0. The summed E-state index contributed by atoms with van der Waals surface area (Å²) in [5.74, 6) is 0. The van der Waals surface area contributed by atoms with Gasteiger partial charge in [-0.15, -0.1) is 0 Å². The van der Waals surface area contributed by atoms with E-state index in [0.717, 1.165) is 39.1 Å². The van der Waals surface area contributed by atoms with Gasteiger partial charge in [0.05, 0.1) is 32.0 Å². The lowest BCUT2D eigenvalue weighted by Gasteiger charge is -2.35. The van der Waals surface area contributed by atoms with Crippen LogP contribution >= 0.6 is 0 Å². The lowest BCUT2D eigenvalue weighted by molar-refractivity contribution is -0.0347. The molecule has 31 heavy (non-hydrogen) atoms. The van der Waals surface area contributed by atoms with Gasteiger partial charge in [-0.05, 0) is 56.2 Å². The number of hydrogen-bond acceptors (Lipinski definition) is 4. The summed E-state index contributed by atoms with van der Waals surface area (Å²) in [6, 6.07) is 21.3. The molecule has 2 aromatic carbocycles. The van der Waals surface area contributed by atoms with Crippen molar-refractivity contribution in [1.29, 1.82) is 0 Å². The van der Waals surface area contributed by atoms with Crippen molar-refractivity contribution in [2.24, 2.45) is 0 Å². The number of benzene rings is 2. The molecule has 2 aliphatic rings. The molecule has 4 nitrogen and oxygen atoms in total. The van der Waals surface area contributed by atoms with E-state index in [4.69, 9.17) is 14.2 Å². The zero-order chi connectivity index (χ0) is 21.1. The van der Waals surface area contributed by atoms with E-state index in [9.17, 15) is 0 Å². The lowest BCUT2D eigenvalue weighted by atomic mass is 10.1. The minimum Gasteiger partial charge on any atom is -0.377 e. The van der Waals surface area contributed by atoms with Crippen LogP contribution in [0.2, 0.25) is 0 Å². The highest BCUT2D eigenvalue weighted by Gasteiger charge is 2.29. The van der Waals surface area contributed by atoms with Crippen molar-refractivity contribution in [2.75, 3.05) is 26.3 Å². The second-order valence-electron chi connectivity index (χ2n) is 8.93. The summed E-state index contributed by atoms with van der Waals surface area (Å²) < 4.78 is 18.6. The maximum atomic E-state index is 6.37. The second kappa shape index (κ2) is 12.4. The fraction of sp³-hybridized carbons (Fsp3) is 0.556. The normalized spacial score (nSPS) is 25.2. The molecule has 0 N–H and O–H groups in total. The molecule has 0 aliphatic carbocycles. The first-order chi connectivity index (χ1) is 15.4. The number of ether oxygens (including phenoxy) is 3. The molecule has 0 radical (unpaired) electrons. The smallest absolute Gasteiger partial charge is 0.0720 e. The van der Waals surface area contributed by atoms with Crippen molar-refractivity contribution >= 4 is 0 Å². The first kappa shape index (κ1) is 22.5. The third-order valence-electron chi connectivity index (χ3n) is 6.49. The Bertz CT molecular complexity index is 733. The molecular formula is C27H37NO3. The molecule has 0 bridgehead atoms. The molecule has 2 fully saturated rings. The molecule has 2 heterocycles. The predicted octanol–water partition coefficient (Wildman–Crippen LogP) is 5.21. The monoisotopic (exact) mass is 423 g/mol. The van der Waals surface area contributed by atoms with Gasteiger partial charge in [-0.2, -0.15) is 0 Å². The van der Waals surface area contributed by atoms with Crippen molar-refractivity contribution in [2.45, 2.75) is 70.0 Å². The summed E-state index contributed by atoms with van der Waals surface area (Å²) in [5.41, 5.74) is 2.48. The Kier molecular flexibility index (Phi) is 8.95. The Morgan fingerprint density at radius 1 is 0.839 bits per heavy atom. The van der Waals surface area contributed by atoms with Gasteiger partial charge in [0.15, 0.2) is 0 Å². The summed E-state index contributed by atoms with van der Waals surface area (Å²) in [6.45, 7) is 5.13. The van der Waals surface area contributed by atoms with Crippen molar-refractivity contribution in [3.05, 3.63) is 71.8 Å². The molecule has 0 amide bonds. The van der Waals surface area contributed by atoms with Crippen LogP contribution in [0, 0.1) is 0 Å². The lowest BCUT2D eigenvalue weighted by Crippen LogP contribution is -2.45. The van der Waals surface area contributed by atoms with E-state index >= 15 is 0 Å². The first-order valence-electron chi connectivity index (χ1n) is 12.0. The van der Waals surface area contributed by atoms with E-state index in [-0.39, 0.29) is 6.10 Å². The van der Waals surface area contributed by atoms with Crippen LogP contribution in [-0.4, -0.2) is 49.5 Å². The minimum atomic E-state index is 0.280. The van der Waals surface area contributed by atoms with Gasteiger partial charge in [-0.1, -0.05) is 60.7 Å². The zero-order valence-corrected chi connectivity index (χ0v) is 18.7. The van der Waals surface area contributed by atoms with Crippen molar-refractivity contribution < 1.29 is 14.2 Å². The second-order valence-corrected chi connectivity index (χ2v) is 8.93. The van der Waals surface area contributed by atoms with Crippen LogP contribution in [0.4, 0.5) is 0 Å². The quantitative estimate of drug-likeness (QED) is 0.554. The minimum absolute atomic E-state index is 0.280. The topological polar surface area (TPSA) is 30.9 Å². The molecule has 4 rings (SSSR count). The van der Waals surface area contributed by atoms with Crippen molar-refractivity contribution in [1.82, 2.24) is 4.90 Å². The van der Waals surface area contributed by atoms with Crippen LogP contribution in [0.1, 0.15) is 49.7 Å². The largest absolute Gasteiger partial charge is 0.377 e. The fourth-order valence-corrected chi connectivity index (χ4v) is 4.73. The van der Waals surface area contributed by atoms with Crippen LogP contribution in [0.25, 0.3) is 0 Å². The Hall–Kier alpha value is -1.72. The van der Waals surface area contributed by atoms with E-state index in [1.54, 1.807) is 0 Å². The molecule has 3 atom stereocenters. The molecule has 2 aromatic rings. The first-order valence-corrected chi connectivity index (χ1v) is 12.0. The molecule has 0 spiro atoms. The molecule has 4 heteroatoms. The van der Waals surface area contributed by atoms with Crippen molar-refractivity contribution in [3.8, 4) is 0 Å². The van der Waals surface area contributed by atoms with Crippen LogP contribution in [-0.2, 0) is 27.4 Å². The zero-order valence-electron chi connectivity index (χ0n) is 18.7. The third kappa shape index (κ3) is 7.43. The van der Waals surface area contributed by atoms with E-state index in [2.05, 4.69) is 65.6 Å². The summed E-state index contributed by atoms with van der Waals surface area (Å²) in [5, 5.41) is 0. The fourth-order valence-electron chi connectivity index (χ4n) is 4.73. The molecule has 3 unspecified atom stereocenters. The Balaban J connectivity index is 1.35. The Labute approximate surface area is 187 Å². The standard InChI is InChI=1S/C27H37NO3/c1-3-10-23(11-4-1)20-29-22-25-18-26(31-21-24-12-5-2-6-13-24)15-9-16-28(25)19-27-14-7-8-17-30-27/h1-6,10-13,25-27H,7-9,14-22H2. The van der Waals surface area contributed by atoms with E-state index in [1.165, 1.54) is 36.8 Å². The van der Waals surface area contributed by atoms with Crippen LogP contribution < -0.4 is 0 Å². The summed E-state index contributed by atoms with van der Waals surface area (Å²) in [7, 11) is 0. The molecule has 0 saturated carbocycles. The molecule has 0 aromatic heterocycles. The maximum Gasteiger partial charge on any atom is 0.0720 e. The molecule has 2 aliphatic heterocycles. The molecule has 2 saturated heterocycles. The number of rotatable bonds is 9. The van der Waals surface area contributed by atoms with Gasteiger partial charge >= 0.3 is 0 Å². The average molecular weight is 424 g/mol. The Morgan fingerprint density at radius 2 is 1.58 bits per heavy atom. The van der Waals surface area contributed by atoms with Gasteiger partial charge in [-0.25, -0.2) is 0 Å². The highest BCUT2D eigenvalue weighted by Crippen LogP contribution is 2.24. The van der Waals surface area contributed by atoms with Crippen molar-refractivity contribution in [3.63, 3.8) is 0 Å². The average Bonchev–Trinajstić information content (AvgIpc) is 3.02. The maximum absolute atomic E-state index is 6.37. The third-order valence-corrected chi connectivity index (χ3v) is 6.49. The number of nitrogens with zero attached hydrogens (tertiary/aromatic N) is 1. The highest BCUT2D eigenvalue weighted by molar-refractivity contribution is 5.14. The van der Waals surface area contributed by atoms with E-state index in [0.29, 0.717) is 25.4 Å². The van der Waals surface area contributed by atoms with E-state index < -0.39 is 0 Å². The Morgan fingerprint density at radius 3 is 2.29 bits per heavy atom. The number of likely N-dealkylation sites (tertiary alicyclic amines) is 1. The van der Waals surface area contributed by atoms with Crippen LogP contribution in [0.5, 0.6) is 0 Å². The van der Waals surface area contributed by atoms with Gasteiger partial charge in [0.25, 0.3) is 0 Å². The molecule has 168 valence electrons. The van der Waals surface area contributed by atoms with Gasteiger partial charge in [0.2, 0.25) is 0 Å². The molecular weight excluding hydrogens is 386 g/mol. The van der Waals surface area contributed by atoms with Crippen LogP contribution in [0.15, 0.2) is 60.7 Å². The van der Waals surface area contributed by atoms with Gasteiger partial charge in [-0.3, -0.25) is 4.90 Å². The predicted molar refractivity (Wildman–Crippen MR) is 124 cm³/mol. The van der Waals surface area contributed by atoms with Gasteiger partial charge in [0, 0.05) is 19.2 Å². The van der Waals surface area contributed by atoms with Crippen LogP contribution in [0.3, 0.4) is 0 Å². The highest BCUT2D eigenvalue weighted by atomic mass is 16.5. The van der Waals surface area contributed by atoms with Gasteiger partial charge < -0.3 is 14.2 Å². The van der Waals surface area contributed by atoms with Gasteiger partial charge in [0.1, 0.15) is 0 Å². The summed E-state index contributed by atoms with van der Waals surface area (Å²) in [4.78, 5) is 2.62.